The Bertz CT molecular complexity index is 621. The SMILES string of the molecule is Cc1nn(C)c(C(=O)N/N=C\c2ccccn2)c1Cl. The lowest BCUT2D eigenvalue weighted by atomic mass is 10.3. The number of carbonyl (C=O) groups is 1. The van der Waals surface area contributed by atoms with Crippen LogP contribution in [0.2, 0.25) is 5.02 Å². The van der Waals surface area contributed by atoms with E-state index in [-0.39, 0.29) is 5.69 Å². The second kappa shape index (κ2) is 5.62. The van der Waals surface area contributed by atoms with E-state index in [2.05, 4.69) is 20.6 Å². The minimum absolute atomic E-state index is 0.275. The molecule has 2 aromatic rings. The van der Waals surface area contributed by atoms with Gasteiger partial charge in [0.1, 0.15) is 5.69 Å². The largest absolute Gasteiger partial charge is 0.291 e. The molecule has 6 nitrogen and oxygen atoms in total. The number of amides is 1. The number of pyridine rings is 1. The van der Waals surface area contributed by atoms with Crippen LogP contribution in [0.25, 0.3) is 0 Å². The molecule has 1 N–H and O–H groups in total. The summed E-state index contributed by atoms with van der Waals surface area (Å²) < 4.78 is 1.42. The van der Waals surface area contributed by atoms with Crippen molar-refractivity contribution in [2.75, 3.05) is 0 Å². The zero-order valence-corrected chi connectivity index (χ0v) is 11.2. The second-order valence-electron chi connectivity index (χ2n) is 3.83. The lowest BCUT2D eigenvalue weighted by molar-refractivity contribution is 0.0946. The Kier molecular flexibility index (Phi) is 3.91. The van der Waals surface area contributed by atoms with Gasteiger partial charge in [-0.05, 0) is 19.1 Å². The Balaban J connectivity index is 2.08. The molecule has 0 saturated carbocycles. The van der Waals surface area contributed by atoms with Crippen LogP contribution in [0.5, 0.6) is 0 Å². The summed E-state index contributed by atoms with van der Waals surface area (Å²) in [4.78, 5) is 15.9. The molecule has 19 heavy (non-hydrogen) atoms. The zero-order valence-electron chi connectivity index (χ0n) is 10.5. The quantitative estimate of drug-likeness (QED) is 0.683. The molecule has 1 amide bonds. The molecule has 0 spiro atoms. The molecule has 2 rings (SSSR count). The zero-order chi connectivity index (χ0) is 13.8. The van der Waals surface area contributed by atoms with Crippen LogP contribution in [0.4, 0.5) is 0 Å². The highest BCUT2D eigenvalue weighted by molar-refractivity contribution is 6.34. The monoisotopic (exact) mass is 277 g/mol. The topological polar surface area (TPSA) is 72.2 Å². The average Bonchev–Trinajstić information content (AvgIpc) is 2.64. The smallest absolute Gasteiger partial charge is 0.266 e. The Hall–Kier alpha value is -2.21. The fourth-order valence-corrected chi connectivity index (χ4v) is 1.79. The Morgan fingerprint density at radius 3 is 2.89 bits per heavy atom. The summed E-state index contributed by atoms with van der Waals surface area (Å²) in [7, 11) is 1.65. The number of rotatable bonds is 3. The number of nitrogens with zero attached hydrogens (tertiary/aromatic N) is 4. The third-order valence-electron chi connectivity index (χ3n) is 2.41. The first-order valence-corrected chi connectivity index (χ1v) is 5.91. The molecule has 0 saturated heterocycles. The average molecular weight is 278 g/mol. The van der Waals surface area contributed by atoms with Crippen LogP contribution in [-0.4, -0.2) is 26.9 Å². The molecular formula is C12H12ClN5O. The third kappa shape index (κ3) is 2.97. The molecule has 0 unspecified atom stereocenters. The molecular weight excluding hydrogens is 266 g/mol. The third-order valence-corrected chi connectivity index (χ3v) is 2.87. The van der Waals surface area contributed by atoms with Crippen molar-refractivity contribution < 1.29 is 4.79 Å². The van der Waals surface area contributed by atoms with E-state index in [0.29, 0.717) is 16.4 Å². The van der Waals surface area contributed by atoms with Crippen molar-refractivity contribution >= 4 is 23.7 Å². The van der Waals surface area contributed by atoms with E-state index in [4.69, 9.17) is 11.6 Å². The molecule has 2 heterocycles. The number of carbonyl (C=O) groups excluding carboxylic acids is 1. The Morgan fingerprint density at radius 1 is 1.53 bits per heavy atom. The molecule has 0 aliphatic carbocycles. The predicted octanol–water partition coefficient (Wildman–Crippen LogP) is 1.54. The Morgan fingerprint density at radius 2 is 2.32 bits per heavy atom. The van der Waals surface area contributed by atoms with Gasteiger partial charge in [-0.25, -0.2) is 5.43 Å². The fraction of sp³-hybridized carbons (Fsp3) is 0.167. The van der Waals surface area contributed by atoms with Crippen LogP contribution in [0.15, 0.2) is 29.5 Å². The summed E-state index contributed by atoms with van der Waals surface area (Å²) in [6.45, 7) is 1.73. The number of hydrogen-bond donors (Lipinski definition) is 1. The van der Waals surface area contributed by atoms with E-state index < -0.39 is 5.91 Å². The molecule has 0 bridgehead atoms. The number of hydrazone groups is 1. The number of nitrogens with one attached hydrogen (secondary N) is 1. The van der Waals surface area contributed by atoms with Crippen molar-refractivity contribution in [1.82, 2.24) is 20.2 Å². The number of hydrogen-bond acceptors (Lipinski definition) is 4. The van der Waals surface area contributed by atoms with E-state index in [1.165, 1.54) is 10.9 Å². The predicted molar refractivity (Wildman–Crippen MR) is 72.3 cm³/mol. The van der Waals surface area contributed by atoms with Crippen LogP contribution in [0.1, 0.15) is 21.9 Å². The first-order valence-electron chi connectivity index (χ1n) is 5.53. The summed E-state index contributed by atoms with van der Waals surface area (Å²) >= 11 is 6.00. The Labute approximate surface area is 115 Å². The van der Waals surface area contributed by atoms with Gasteiger partial charge >= 0.3 is 0 Å². The molecule has 0 aliphatic rings. The van der Waals surface area contributed by atoms with Crippen LogP contribution >= 0.6 is 11.6 Å². The van der Waals surface area contributed by atoms with Crippen molar-refractivity contribution in [3.63, 3.8) is 0 Å². The van der Waals surface area contributed by atoms with Crippen molar-refractivity contribution in [3.05, 3.63) is 46.5 Å². The van der Waals surface area contributed by atoms with Gasteiger partial charge in [-0.3, -0.25) is 14.5 Å². The van der Waals surface area contributed by atoms with Crippen molar-refractivity contribution in [2.45, 2.75) is 6.92 Å². The van der Waals surface area contributed by atoms with Gasteiger partial charge in [0.25, 0.3) is 5.91 Å². The molecule has 0 fully saturated rings. The molecule has 7 heteroatoms. The maximum Gasteiger partial charge on any atom is 0.291 e. The molecule has 0 atom stereocenters. The number of halogens is 1. The first kappa shape index (κ1) is 13.2. The van der Waals surface area contributed by atoms with E-state index >= 15 is 0 Å². The van der Waals surface area contributed by atoms with Crippen LogP contribution in [0, 0.1) is 6.92 Å². The summed E-state index contributed by atoms with van der Waals surface area (Å²) in [5.74, 6) is -0.416. The van der Waals surface area contributed by atoms with Gasteiger partial charge in [0.15, 0.2) is 0 Å². The van der Waals surface area contributed by atoms with E-state index in [1.807, 2.05) is 6.07 Å². The molecule has 98 valence electrons. The molecule has 2 aromatic heterocycles. The normalized spacial score (nSPS) is 10.9. The highest BCUT2D eigenvalue weighted by Crippen LogP contribution is 2.18. The van der Waals surface area contributed by atoms with Gasteiger partial charge in [-0.1, -0.05) is 17.7 Å². The number of aryl methyl sites for hydroxylation is 2. The summed E-state index contributed by atoms with van der Waals surface area (Å²) in [6, 6.07) is 5.41. The minimum Gasteiger partial charge on any atom is -0.266 e. The maximum atomic E-state index is 11.9. The highest BCUT2D eigenvalue weighted by Gasteiger charge is 2.17. The first-order chi connectivity index (χ1) is 9.09. The van der Waals surface area contributed by atoms with Gasteiger partial charge in [0.05, 0.1) is 22.6 Å². The minimum atomic E-state index is -0.416. The van der Waals surface area contributed by atoms with Gasteiger partial charge in [0, 0.05) is 13.2 Å². The van der Waals surface area contributed by atoms with E-state index in [1.54, 1.807) is 32.3 Å². The van der Waals surface area contributed by atoms with Crippen molar-refractivity contribution in [2.24, 2.45) is 12.1 Å². The number of aromatic nitrogens is 3. The summed E-state index contributed by atoms with van der Waals surface area (Å²) in [5, 5.41) is 8.21. The standard InChI is InChI=1S/C12H12ClN5O/c1-8-10(13)11(18(2)17-8)12(19)16-15-7-9-5-3-4-6-14-9/h3-7H,1-2H3,(H,16,19)/b15-7-. The van der Waals surface area contributed by atoms with Gasteiger partial charge < -0.3 is 0 Å². The van der Waals surface area contributed by atoms with Gasteiger partial charge in [0.2, 0.25) is 0 Å². The lowest BCUT2D eigenvalue weighted by Crippen LogP contribution is -2.21. The molecule has 0 radical (unpaired) electrons. The molecule has 0 aliphatic heterocycles. The second-order valence-corrected chi connectivity index (χ2v) is 4.20. The van der Waals surface area contributed by atoms with Gasteiger partial charge in [-0.15, -0.1) is 0 Å². The van der Waals surface area contributed by atoms with Gasteiger partial charge in [-0.2, -0.15) is 10.2 Å². The fourth-order valence-electron chi connectivity index (χ4n) is 1.54. The highest BCUT2D eigenvalue weighted by atomic mass is 35.5. The van der Waals surface area contributed by atoms with E-state index in [9.17, 15) is 4.79 Å². The summed E-state index contributed by atoms with van der Waals surface area (Å²) in [5.41, 5.74) is 3.91. The summed E-state index contributed by atoms with van der Waals surface area (Å²) in [6.07, 6.45) is 3.10. The van der Waals surface area contributed by atoms with Crippen molar-refractivity contribution in [3.8, 4) is 0 Å². The van der Waals surface area contributed by atoms with Crippen molar-refractivity contribution in [1.29, 1.82) is 0 Å². The molecule has 0 aromatic carbocycles. The van der Waals surface area contributed by atoms with E-state index in [0.717, 1.165) is 0 Å². The van der Waals surface area contributed by atoms with Crippen LogP contribution in [0.3, 0.4) is 0 Å². The van der Waals surface area contributed by atoms with Crippen LogP contribution < -0.4 is 5.43 Å². The van der Waals surface area contributed by atoms with Crippen LogP contribution in [-0.2, 0) is 7.05 Å². The maximum absolute atomic E-state index is 11.9. The lowest BCUT2D eigenvalue weighted by Gasteiger charge is -2.00.